The maximum absolute atomic E-state index is 12.5. The molecule has 1 saturated heterocycles. The Kier molecular flexibility index (Phi) is 6.51. The van der Waals surface area contributed by atoms with E-state index in [-0.39, 0.29) is 11.7 Å². The second-order valence-electron chi connectivity index (χ2n) is 6.42. The highest BCUT2D eigenvalue weighted by atomic mass is 32.2. The van der Waals surface area contributed by atoms with E-state index >= 15 is 0 Å². The van der Waals surface area contributed by atoms with E-state index in [0.717, 1.165) is 14.6 Å². The van der Waals surface area contributed by atoms with E-state index < -0.39 is 0 Å². The third-order valence-electron chi connectivity index (χ3n) is 4.31. The zero-order chi connectivity index (χ0) is 18.5. The third-order valence-corrected chi connectivity index (χ3v) is 6.62. The molecule has 3 rings (SSSR count). The molecule has 0 radical (unpaired) electrons. The highest BCUT2D eigenvalue weighted by molar-refractivity contribution is 8.00. The summed E-state index contributed by atoms with van der Waals surface area (Å²) in [5.74, 6) is 0.644. The number of carbonyl (C=O) groups excluding carboxylic acids is 2. The summed E-state index contributed by atoms with van der Waals surface area (Å²) in [5.41, 5.74) is 2.43. The van der Waals surface area contributed by atoms with Crippen LogP contribution < -0.4 is 0 Å². The van der Waals surface area contributed by atoms with E-state index in [4.69, 9.17) is 4.74 Å². The molecule has 0 atom stereocenters. The summed E-state index contributed by atoms with van der Waals surface area (Å²) in [6, 6.07) is 10.0. The van der Waals surface area contributed by atoms with Crippen molar-refractivity contribution in [1.29, 1.82) is 0 Å². The van der Waals surface area contributed by atoms with Crippen LogP contribution in [0.25, 0.3) is 0 Å². The zero-order valence-electron chi connectivity index (χ0n) is 15.1. The van der Waals surface area contributed by atoms with Crippen LogP contribution in [-0.4, -0.2) is 48.6 Å². The van der Waals surface area contributed by atoms with Gasteiger partial charge in [-0.1, -0.05) is 17.7 Å². The molecule has 2 heterocycles. The second-order valence-corrected chi connectivity index (χ2v) is 8.60. The monoisotopic (exact) mass is 389 g/mol. The number of ketones is 1. The Morgan fingerprint density at radius 1 is 1.15 bits per heavy atom. The fraction of sp³-hybridized carbons (Fsp3) is 0.400. The van der Waals surface area contributed by atoms with Gasteiger partial charge in [0.1, 0.15) is 0 Å². The Bertz CT molecular complexity index is 794. The SMILES string of the molecule is Cc1ccc(SCC(=O)c2ccc(CC(=O)N3CCOCC3)s2)c(C)c1. The van der Waals surface area contributed by atoms with Gasteiger partial charge in [0.25, 0.3) is 0 Å². The summed E-state index contributed by atoms with van der Waals surface area (Å²) >= 11 is 3.01. The molecule has 0 unspecified atom stereocenters. The van der Waals surface area contributed by atoms with Crippen LogP contribution in [0.3, 0.4) is 0 Å². The number of carbonyl (C=O) groups is 2. The number of rotatable bonds is 6. The molecule has 26 heavy (non-hydrogen) atoms. The number of amides is 1. The lowest BCUT2D eigenvalue weighted by atomic mass is 10.2. The van der Waals surface area contributed by atoms with Gasteiger partial charge in [-0.25, -0.2) is 0 Å². The Morgan fingerprint density at radius 3 is 2.65 bits per heavy atom. The maximum Gasteiger partial charge on any atom is 0.227 e. The first-order valence-corrected chi connectivity index (χ1v) is 10.5. The van der Waals surface area contributed by atoms with Gasteiger partial charge < -0.3 is 9.64 Å². The average Bonchev–Trinajstić information content (AvgIpc) is 3.10. The fourth-order valence-electron chi connectivity index (χ4n) is 2.87. The van der Waals surface area contributed by atoms with Crippen LogP contribution in [0, 0.1) is 13.8 Å². The number of hydrogen-bond acceptors (Lipinski definition) is 5. The normalized spacial score (nSPS) is 14.5. The van der Waals surface area contributed by atoms with E-state index in [1.165, 1.54) is 22.5 Å². The minimum absolute atomic E-state index is 0.110. The Balaban J connectivity index is 1.54. The number of thiophene rings is 1. The predicted molar refractivity (Wildman–Crippen MR) is 106 cm³/mol. The lowest BCUT2D eigenvalue weighted by Crippen LogP contribution is -2.41. The molecule has 1 aromatic heterocycles. The smallest absolute Gasteiger partial charge is 0.227 e. The van der Waals surface area contributed by atoms with Crippen LogP contribution in [0.4, 0.5) is 0 Å². The number of morpholine rings is 1. The van der Waals surface area contributed by atoms with Crippen molar-refractivity contribution < 1.29 is 14.3 Å². The van der Waals surface area contributed by atoms with E-state index in [1.807, 2.05) is 17.0 Å². The van der Waals surface area contributed by atoms with E-state index in [2.05, 4.69) is 32.0 Å². The van der Waals surface area contributed by atoms with Crippen LogP contribution in [-0.2, 0) is 16.0 Å². The highest BCUT2D eigenvalue weighted by Crippen LogP contribution is 2.26. The summed E-state index contributed by atoms with van der Waals surface area (Å²) in [5, 5.41) is 0. The average molecular weight is 390 g/mol. The highest BCUT2D eigenvalue weighted by Gasteiger charge is 2.18. The zero-order valence-corrected chi connectivity index (χ0v) is 16.8. The van der Waals surface area contributed by atoms with Gasteiger partial charge in [0.05, 0.1) is 30.3 Å². The number of hydrogen-bond donors (Lipinski definition) is 0. The molecule has 1 aliphatic rings. The van der Waals surface area contributed by atoms with E-state index in [0.29, 0.717) is 38.5 Å². The molecular formula is C20H23NO3S2. The molecule has 6 heteroatoms. The van der Waals surface area contributed by atoms with Gasteiger partial charge in [0.2, 0.25) is 5.91 Å². The van der Waals surface area contributed by atoms with Crippen molar-refractivity contribution in [2.24, 2.45) is 0 Å². The Morgan fingerprint density at radius 2 is 1.92 bits per heavy atom. The minimum atomic E-state index is 0.110. The van der Waals surface area contributed by atoms with Crippen LogP contribution in [0.15, 0.2) is 35.2 Å². The molecule has 0 spiro atoms. The summed E-state index contributed by atoms with van der Waals surface area (Å²) in [6.07, 6.45) is 0.363. The van der Waals surface area contributed by atoms with Crippen molar-refractivity contribution in [2.45, 2.75) is 25.2 Å². The Hall–Kier alpha value is -1.63. The minimum Gasteiger partial charge on any atom is -0.378 e. The van der Waals surface area contributed by atoms with Crippen molar-refractivity contribution in [3.63, 3.8) is 0 Å². The maximum atomic E-state index is 12.5. The van der Waals surface area contributed by atoms with Crippen LogP contribution in [0.5, 0.6) is 0 Å². The number of benzene rings is 1. The molecule has 4 nitrogen and oxygen atoms in total. The molecule has 1 aromatic carbocycles. The van der Waals surface area contributed by atoms with Gasteiger partial charge in [-0.3, -0.25) is 9.59 Å². The molecule has 1 fully saturated rings. The predicted octanol–water partition coefficient (Wildman–Crippen LogP) is 3.74. The first-order chi connectivity index (χ1) is 12.5. The summed E-state index contributed by atoms with van der Waals surface area (Å²) in [4.78, 5) is 29.4. The van der Waals surface area contributed by atoms with Gasteiger partial charge in [0.15, 0.2) is 5.78 Å². The number of nitrogens with zero attached hydrogens (tertiary/aromatic N) is 1. The molecule has 1 aliphatic heterocycles. The topological polar surface area (TPSA) is 46.6 Å². The molecule has 1 amide bonds. The van der Waals surface area contributed by atoms with Crippen molar-refractivity contribution in [1.82, 2.24) is 4.90 Å². The molecule has 0 saturated carbocycles. The number of aryl methyl sites for hydroxylation is 2. The summed E-state index contributed by atoms with van der Waals surface area (Å²) in [7, 11) is 0. The number of ether oxygens (including phenoxy) is 1. The van der Waals surface area contributed by atoms with Gasteiger partial charge >= 0.3 is 0 Å². The van der Waals surface area contributed by atoms with Crippen LogP contribution in [0.2, 0.25) is 0 Å². The third kappa shape index (κ3) is 4.96. The fourth-order valence-corrected chi connectivity index (χ4v) is 4.79. The lowest BCUT2D eigenvalue weighted by Gasteiger charge is -2.26. The van der Waals surface area contributed by atoms with Crippen molar-refractivity contribution in [3.8, 4) is 0 Å². The van der Waals surface area contributed by atoms with Gasteiger partial charge in [0, 0.05) is 22.9 Å². The van der Waals surface area contributed by atoms with E-state index in [1.54, 1.807) is 11.8 Å². The number of thioether (sulfide) groups is 1. The summed E-state index contributed by atoms with van der Waals surface area (Å²) in [6.45, 7) is 6.66. The van der Waals surface area contributed by atoms with Crippen molar-refractivity contribution in [3.05, 3.63) is 51.2 Å². The van der Waals surface area contributed by atoms with Crippen molar-refractivity contribution in [2.75, 3.05) is 32.1 Å². The molecule has 2 aromatic rings. The number of Topliss-reactive ketones (excluding diaryl/α,β-unsaturated/α-hetero) is 1. The summed E-state index contributed by atoms with van der Waals surface area (Å²) < 4.78 is 5.28. The molecule has 0 aliphatic carbocycles. The molecular weight excluding hydrogens is 366 g/mol. The second kappa shape index (κ2) is 8.84. The first-order valence-electron chi connectivity index (χ1n) is 8.70. The van der Waals surface area contributed by atoms with Gasteiger partial charge in [-0.15, -0.1) is 23.1 Å². The largest absolute Gasteiger partial charge is 0.378 e. The standard InChI is InChI=1S/C20H23NO3S2/c1-14-3-5-18(15(2)11-14)25-13-17(22)19-6-4-16(26-19)12-20(23)21-7-9-24-10-8-21/h3-6,11H,7-10,12-13H2,1-2H3. The van der Waals surface area contributed by atoms with Gasteiger partial charge in [-0.05, 0) is 37.6 Å². The van der Waals surface area contributed by atoms with Crippen LogP contribution in [0.1, 0.15) is 25.7 Å². The van der Waals surface area contributed by atoms with Gasteiger partial charge in [-0.2, -0.15) is 0 Å². The lowest BCUT2D eigenvalue weighted by molar-refractivity contribution is -0.134. The van der Waals surface area contributed by atoms with E-state index in [9.17, 15) is 9.59 Å². The molecule has 138 valence electrons. The van der Waals surface area contributed by atoms with Crippen LogP contribution >= 0.6 is 23.1 Å². The quantitative estimate of drug-likeness (QED) is 0.558. The Labute approximate surface area is 162 Å². The molecule has 0 N–H and O–H groups in total. The molecule has 0 bridgehead atoms. The van der Waals surface area contributed by atoms with Crippen molar-refractivity contribution >= 4 is 34.8 Å². The first kappa shape index (κ1) is 19.1.